The Labute approximate surface area is 155 Å². The molecular formula is C18H19N3O6. The zero-order valence-corrected chi connectivity index (χ0v) is 15.0. The van der Waals surface area contributed by atoms with Crippen molar-refractivity contribution in [3.63, 3.8) is 0 Å². The summed E-state index contributed by atoms with van der Waals surface area (Å²) in [6, 6.07) is 9.04. The van der Waals surface area contributed by atoms with Crippen LogP contribution in [-0.4, -0.2) is 36.8 Å². The molecule has 0 atom stereocenters. The molecule has 2 heterocycles. The van der Waals surface area contributed by atoms with Crippen LogP contribution in [0.25, 0.3) is 0 Å². The lowest BCUT2D eigenvalue weighted by atomic mass is 10.1. The molecule has 1 amide bonds. The Kier molecular flexibility index (Phi) is 5.63. The molecule has 9 heteroatoms. The molecule has 0 aliphatic carbocycles. The smallest absolute Gasteiger partial charge is 0.410 e. The third-order valence-corrected chi connectivity index (χ3v) is 4.20. The molecule has 0 unspecified atom stereocenters. The van der Waals surface area contributed by atoms with E-state index in [-0.39, 0.29) is 11.4 Å². The minimum absolute atomic E-state index is 0.0744. The van der Waals surface area contributed by atoms with Crippen LogP contribution in [0.5, 0.6) is 5.75 Å². The number of aromatic nitrogens is 1. The number of anilines is 1. The first kappa shape index (κ1) is 18.7. The highest BCUT2D eigenvalue weighted by Gasteiger charge is 2.27. The minimum atomic E-state index is -0.634. The number of pyridine rings is 1. The molecule has 3 rings (SSSR count). The Morgan fingerprint density at radius 3 is 2.52 bits per heavy atom. The predicted molar refractivity (Wildman–Crippen MR) is 95.8 cm³/mol. The van der Waals surface area contributed by atoms with Crippen molar-refractivity contribution >= 4 is 17.6 Å². The van der Waals surface area contributed by atoms with Gasteiger partial charge in [0.2, 0.25) is 6.29 Å². The van der Waals surface area contributed by atoms with Gasteiger partial charge >= 0.3 is 6.09 Å². The van der Waals surface area contributed by atoms with Gasteiger partial charge in [0, 0.05) is 32.9 Å². The van der Waals surface area contributed by atoms with E-state index in [4.69, 9.17) is 14.2 Å². The molecule has 0 radical (unpaired) electrons. The van der Waals surface area contributed by atoms with Crippen molar-refractivity contribution in [1.29, 1.82) is 0 Å². The maximum Gasteiger partial charge on any atom is 0.420 e. The molecule has 0 spiro atoms. The molecule has 142 valence electrons. The number of aryl methyl sites for hydroxylation is 1. The molecule has 1 aromatic carbocycles. The number of nitro groups is 1. The van der Waals surface area contributed by atoms with E-state index in [0.717, 1.165) is 18.4 Å². The van der Waals surface area contributed by atoms with Crippen molar-refractivity contribution in [2.24, 2.45) is 0 Å². The number of carbonyl (C=O) groups excluding carboxylic acids is 1. The van der Waals surface area contributed by atoms with Gasteiger partial charge in [0.05, 0.1) is 10.6 Å². The molecule has 1 aliphatic rings. The van der Waals surface area contributed by atoms with Crippen molar-refractivity contribution in [2.45, 2.75) is 19.1 Å². The first-order valence-corrected chi connectivity index (χ1v) is 8.32. The van der Waals surface area contributed by atoms with Crippen LogP contribution in [0.3, 0.4) is 0 Å². The molecular weight excluding hydrogens is 354 g/mol. The van der Waals surface area contributed by atoms with Crippen LogP contribution in [0.1, 0.15) is 24.0 Å². The molecule has 0 saturated heterocycles. The summed E-state index contributed by atoms with van der Waals surface area (Å²) in [4.78, 5) is 28.8. The fourth-order valence-electron chi connectivity index (χ4n) is 2.89. The van der Waals surface area contributed by atoms with Gasteiger partial charge in [-0.1, -0.05) is 6.07 Å². The van der Waals surface area contributed by atoms with Crippen LogP contribution in [0.2, 0.25) is 0 Å². The standard InChI is InChI=1S/C18H19N3O6/c1-25-17(26-2)15-10-5-12-4-3-11-20(16(12)19-15)18(22)27-14-8-6-13(7-9-14)21(23)24/h5-10,17H,3-4,11H2,1-2H3. The van der Waals surface area contributed by atoms with Crippen LogP contribution in [0, 0.1) is 10.1 Å². The fraction of sp³-hybridized carbons (Fsp3) is 0.333. The number of hydrogen-bond donors (Lipinski definition) is 0. The van der Waals surface area contributed by atoms with E-state index in [1.807, 2.05) is 12.1 Å². The van der Waals surface area contributed by atoms with E-state index in [1.165, 1.54) is 43.4 Å². The fourth-order valence-corrected chi connectivity index (χ4v) is 2.89. The Hall–Kier alpha value is -3.04. The van der Waals surface area contributed by atoms with E-state index in [2.05, 4.69) is 4.98 Å². The van der Waals surface area contributed by atoms with Gasteiger partial charge in [0.1, 0.15) is 11.6 Å². The maximum atomic E-state index is 12.6. The average molecular weight is 373 g/mol. The quantitative estimate of drug-likeness (QED) is 0.450. The van der Waals surface area contributed by atoms with E-state index >= 15 is 0 Å². The first-order valence-electron chi connectivity index (χ1n) is 8.32. The largest absolute Gasteiger partial charge is 0.420 e. The van der Waals surface area contributed by atoms with Gasteiger partial charge in [-0.05, 0) is 36.6 Å². The Morgan fingerprint density at radius 1 is 1.19 bits per heavy atom. The van der Waals surface area contributed by atoms with E-state index in [9.17, 15) is 14.9 Å². The zero-order valence-electron chi connectivity index (χ0n) is 15.0. The van der Waals surface area contributed by atoms with Gasteiger partial charge in [-0.2, -0.15) is 0 Å². The summed E-state index contributed by atoms with van der Waals surface area (Å²) in [6.07, 6.45) is 0.348. The van der Waals surface area contributed by atoms with Gasteiger partial charge in [0.25, 0.3) is 5.69 Å². The summed E-state index contributed by atoms with van der Waals surface area (Å²) in [5.74, 6) is 0.727. The summed E-state index contributed by atoms with van der Waals surface area (Å²) in [6.45, 7) is 0.458. The number of hydrogen-bond acceptors (Lipinski definition) is 7. The van der Waals surface area contributed by atoms with Crippen LogP contribution in [0.15, 0.2) is 36.4 Å². The SMILES string of the molecule is COC(OC)c1ccc2c(n1)N(C(=O)Oc1ccc([N+](=O)[O-])cc1)CCC2. The molecule has 1 aromatic heterocycles. The number of fused-ring (bicyclic) bond motifs is 1. The van der Waals surface area contributed by atoms with Crippen molar-refractivity contribution in [2.75, 3.05) is 25.7 Å². The lowest BCUT2D eigenvalue weighted by Crippen LogP contribution is -2.38. The monoisotopic (exact) mass is 373 g/mol. The third-order valence-electron chi connectivity index (χ3n) is 4.20. The maximum absolute atomic E-state index is 12.6. The number of ether oxygens (including phenoxy) is 3. The zero-order chi connectivity index (χ0) is 19.4. The number of non-ortho nitro benzene ring substituents is 1. The molecule has 0 saturated carbocycles. The van der Waals surface area contributed by atoms with E-state index in [0.29, 0.717) is 18.1 Å². The molecule has 9 nitrogen and oxygen atoms in total. The van der Waals surface area contributed by atoms with Crippen molar-refractivity contribution in [1.82, 2.24) is 4.98 Å². The summed E-state index contributed by atoms with van der Waals surface area (Å²) < 4.78 is 15.8. The summed E-state index contributed by atoms with van der Waals surface area (Å²) in [5, 5.41) is 10.7. The molecule has 0 bridgehead atoms. The number of nitro benzene ring substituents is 1. The predicted octanol–water partition coefficient (Wildman–Crippen LogP) is 3.23. The highest BCUT2D eigenvalue weighted by Crippen LogP contribution is 2.29. The second-order valence-electron chi connectivity index (χ2n) is 5.90. The Bertz CT molecular complexity index is 835. The molecule has 0 fully saturated rings. The van der Waals surface area contributed by atoms with Crippen molar-refractivity contribution in [3.8, 4) is 5.75 Å². The molecule has 2 aromatic rings. The van der Waals surface area contributed by atoms with E-state index in [1.54, 1.807) is 0 Å². The summed E-state index contributed by atoms with van der Waals surface area (Å²) >= 11 is 0. The van der Waals surface area contributed by atoms with Crippen LogP contribution < -0.4 is 9.64 Å². The molecule has 27 heavy (non-hydrogen) atoms. The summed E-state index contributed by atoms with van der Waals surface area (Å²) in [7, 11) is 3.02. The molecule has 1 aliphatic heterocycles. The second kappa shape index (κ2) is 8.11. The number of benzene rings is 1. The lowest BCUT2D eigenvalue weighted by Gasteiger charge is -2.28. The Balaban J connectivity index is 1.82. The van der Waals surface area contributed by atoms with Gasteiger partial charge in [-0.3, -0.25) is 15.0 Å². The van der Waals surface area contributed by atoms with Crippen molar-refractivity contribution in [3.05, 3.63) is 57.8 Å². The van der Waals surface area contributed by atoms with Crippen LogP contribution in [0.4, 0.5) is 16.3 Å². The third kappa shape index (κ3) is 4.04. The second-order valence-corrected chi connectivity index (χ2v) is 5.90. The average Bonchev–Trinajstić information content (AvgIpc) is 2.68. The van der Waals surface area contributed by atoms with Crippen molar-refractivity contribution < 1.29 is 23.9 Å². The first-order chi connectivity index (χ1) is 13.0. The minimum Gasteiger partial charge on any atom is -0.410 e. The van der Waals surface area contributed by atoms with Gasteiger partial charge in [-0.15, -0.1) is 0 Å². The summed E-state index contributed by atoms with van der Waals surface area (Å²) in [5.41, 5.74) is 1.40. The highest BCUT2D eigenvalue weighted by molar-refractivity contribution is 5.89. The molecule has 0 N–H and O–H groups in total. The van der Waals surface area contributed by atoms with Gasteiger partial charge in [0.15, 0.2) is 0 Å². The van der Waals surface area contributed by atoms with Crippen LogP contribution >= 0.6 is 0 Å². The number of amides is 1. The highest BCUT2D eigenvalue weighted by atomic mass is 16.7. The number of rotatable bonds is 5. The number of methoxy groups -OCH3 is 2. The van der Waals surface area contributed by atoms with Gasteiger partial charge in [-0.25, -0.2) is 9.78 Å². The normalized spacial score (nSPS) is 13.4. The lowest BCUT2D eigenvalue weighted by molar-refractivity contribution is -0.384. The number of carbonyl (C=O) groups is 1. The Morgan fingerprint density at radius 2 is 1.89 bits per heavy atom. The van der Waals surface area contributed by atoms with Gasteiger partial charge < -0.3 is 14.2 Å². The van der Waals surface area contributed by atoms with E-state index < -0.39 is 17.3 Å². The van der Waals surface area contributed by atoms with Crippen LogP contribution in [-0.2, 0) is 15.9 Å². The topological polar surface area (TPSA) is 104 Å². The number of nitrogens with zero attached hydrogens (tertiary/aromatic N) is 3.